The normalized spacial score (nSPS) is 20.3. The van der Waals surface area contributed by atoms with Gasteiger partial charge < -0.3 is 0 Å². The first-order chi connectivity index (χ1) is 7.33. The molecule has 0 radical (unpaired) electrons. The van der Waals surface area contributed by atoms with Crippen LogP contribution in [0.5, 0.6) is 0 Å². The topological polar surface area (TPSA) is 97.5 Å². The molecule has 6 nitrogen and oxygen atoms in total. The Labute approximate surface area is 97.7 Å². The lowest BCUT2D eigenvalue weighted by Gasteiger charge is -2.24. The van der Waals surface area contributed by atoms with Gasteiger partial charge in [-0.2, -0.15) is 8.42 Å². The van der Waals surface area contributed by atoms with Crippen LogP contribution in [0.2, 0.25) is 0 Å². The van der Waals surface area contributed by atoms with E-state index in [4.69, 9.17) is 5.14 Å². The van der Waals surface area contributed by atoms with Crippen LogP contribution in [-0.2, 0) is 20.2 Å². The van der Waals surface area contributed by atoms with Crippen LogP contribution in [0.25, 0.3) is 0 Å². The van der Waals surface area contributed by atoms with Crippen LogP contribution in [0, 0.1) is 0 Å². The summed E-state index contributed by atoms with van der Waals surface area (Å²) in [6.07, 6.45) is 0. The van der Waals surface area contributed by atoms with E-state index in [1.807, 2.05) is 0 Å². The average Bonchev–Trinajstić information content (AvgIpc) is 2.15. The van der Waals surface area contributed by atoms with Gasteiger partial charge in [-0.3, -0.25) is 0 Å². The van der Waals surface area contributed by atoms with Crippen LogP contribution >= 0.6 is 11.8 Å². The minimum absolute atomic E-state index is 0.0275. The van der Waals surface area contributed by atoms with E-state index >= 15 is 0 Å². The quantitative estimate of drug-likeness (QED) is 0.777. The fourth-order valence-corrected chi connectivity index (χ4v) is 6.00. The summed E-state index contributed by atoms with van der Waals surface area (Å²) < 4.78 is 46.4. The molecule has 9 heteroatoms. The van der Waals surface area contributed by atoms with Gasteiger partial charge in [0.1, 0.15) is 0 Å². The Morgan fingerprint density at radius 2 is 1.94 bits per heavy atom. The molecule has 0 saturated carbocycles. The summed E-state index contributed by atoms with van der Waals surface area (Å²) in [5, 5.41) is 4.85. The first kappa shape index (κ1) is 11.9. The molecule has 0 amide bonds. The number of rotatable bonds is 1. The van der Waals surface area contributed by atoms with Crippen molar-refractivity contribution in [3.8, 4) is 0 Å². The van der Waals surface area contributed by atoms with E-state index in [2.05, 4.69) is 0 Å². The maximum absolute atomic E-state index is 11.9. The molecule has 1 aliphatic heterocycles. The van der Waals surface area contributed by atoms with Crippen molar-refractivity contribution in [1.29, 1.82) is 0 Å². The third-order valence-corrected chi connectivity index (χ3v) is 7.00. The third kappa shape index (κ3) is 1.84. The van der Waals surface area contributed by atoms with Crippen LogP contribution in [0.1, 0.15) is 0 Å². The lowest BCUT2D eigenvalue weighted by atomic mass is 10.4. The highest BCUT2D eigenvalue weighted by Crippen LogP contribution is 2.35. The summed E-state index contributed by atoms with van der Waals surface area (Å²) in [5.74, 6) is -0.224. The molecule has 88 valence electrons. The molecule has 0 atom stereocenters. The number of hydrogen-bond acceptors (Lipinski definition) is 5. The van der Waals surface area contributed by atoms with Crippen LogP contribution in [0.15, 0.2) is 34.1 Å². The molecule has 0 aromatic heterocycles. The van der Waals surface area contributed by atoms with Crippen LogP contribution in [-0.4, -0.2) is 26.4 Å². The van der Waals surface area contributed by atoms with Crippen molar-refractivity contribution in [2.45, 2.75) is 9.79 Å². The molecule has 0 spiro atoms. The van der Waals surface area contributed by atoms with Crippen LogP contribution in [0.3, 0.4) is 0 Å². The van der Waals surface area contributed by atoms with Gasteiger partial charge in [0.05, 0.1) is 10.8 Å². The van der Waals surface area contributed by atoms with Crippen molar-refractivity contribution >= 4 is 32.0 Å². The minimum atomic E-state index is -4.25. The molecule has 0 fully saturated rings. The molecule has 0 saturated heterocycles. The summed E-state index contributed by atoms with van der Waals surface area (Å²) >= 11 is 1.11. The van der Waals surface area contributed by atoms with E-state index in [-0.39, 0.29) is 10.8 Å². The van der Waals surface area contributed by atoms with Crippen molar-refractivity contribution in [1.82, 2.24) is 3.71 Å². The van der Waals surface area contributed by atoms with E-state index in [1.54, 1.807) is 12.1 Å². The van der Waals surface area contributed by atoms with E-state index < -0.39 is 20.2 Å². The summed E-state index contributed by atoms with van der Waals surface area (Å²) in [4.78, 5) is 0.502. The van der Waals surface area contributed by atoms with Gasteiger partial charge in [-0.25, -0.2) is 13.6 Å². The highest BCUT2D eigenvalue weighted by atomic mass is 32.3. The zero-order chi connectivity index (χ0) is 12.0. The summed E-state index contributed by atoms with van der Waals surface area (Å²) in [6, 6.07) is 6.20. The number of hydrogen-bond donors (Lipinski definition) is 1. The third-order valence-electron chi connectivity index (χ3n) is 2.00. The van der Waals surface area contributed by atoms with E-state index in [0.29, 0.717) is 8.61 Å². The number of sulfonamides is 1. The second-order valence-corrected chi connectivity index (χ2v) is 7.56. The molecular weight excluding hydrogens is 272 g/mol. The van der Waals surface area contributed by atoms with Crippen molar-refractivity contribution in [3.05, 3.63) is 24.3 Å². The fourth-order valence-electron chi connectivity index (χ4n) is 1.29. The zero-order valence-corrected chi connectivity index (χ0v) is 10.3. The van der Waals surface area contributed by atoms with Gasteiger partial charge in [0, 0.05) is 4.90 Å². The van der Waals surface area contributed by atoms with Gasteiger partial charge in [-0.15, -0.1) is 11.8 Å². The molecule has 0 unspecified atom stereocenters. The summed E-state index contributed by atoms with van der Waals surface area (Å²) in [7, 11) is -8.29. The number of thioether (sulfide) groups is 1. The number of nitrogens with zero attached hydrogens (tertiary/aromatic N) is 1. The fraction of sp³-hybridized carbons (Fsp3) is 0.143. The van der Waals surface area contributed by atoms with Gasteiger partial charge in [0.2, 0.25) is 0 Å². The lowest BCUT2D eigenvalue weighted by Crippen LogP contribution is -2.42. The second-order valence-electron chi connectivity index (χ2n) is 3.04. The first-order valence-corrected chi connectivity index (χ1v) is 8.04. The van der Waals surface area contributed by atoms with Crippen molar-refractivity contribution in [3.63, 3.8) is 0 Å². The SMILES string of the molecule is NS(=O)(=O)N1CSc2ccccc2S1(=O)=O. The predicted octanol–water partition coefficient (Wildman–Crippen LogP) is -0.0560. The van der Waals surface area contributed by atoms with Crippen LogP contribution in [0.4, 0.5) is 0 Å². The smallest absolute Gasteiger partial charge is 0.215 e. The average molecular weight is 280 g/mol. The van der Waals surface area contributed by atoms with E-state index in [9.17, 15) is 16.8 Å². The molecule has 16 heavy (non-hydrogen) atoms. The highest BCUT2D eigenvalue weighted by Gasteiger charge is 2.38. The summed E-state index contributed by atoms with van der Waals surface area (Å²) in [5.41, 5.74) is 0. The number of benzene rings is 1. The predicted molar refractivity (Wildman–Crippen MR) is 59.3 cm³/mol. The van der Waals surface area contributed by atoms with E-state index in [1.165, 1.54) is 12.1 Å². The highest BCUT2D eigenvalue weighted by molar-refractivity contribution is 8.07. The molecule has 2 rings (SSSR count). The monoisotopic (exact) mass is 280 g/mol. The Morgan fingerprint density at radius 3 is 2.56 bits per heavy atom. The molecular formula is C7H8N2O4S3. The van der Waals surface area contributed by atoms with Gasteiger partial charge in [-0.05, 0) is 12.1 Å². The maximum atomic E-state index is 11.9. The van der Waals surface area contributed by atoms with E-state index in [0.717, 1.165) is 11.8 Å². The van der Waals surface area contributed by atoms with Crippen molar-refractivity contribution in [2.24, 2.45) is 5.14 Å². The Balaban J connectivity index is 2.66. The summed E-state index contributed by atoms with van der Waals surface area (Å²) in [6.45, 7) is 0. The van der Waals surface area contributed by atoms with Gasteiger partial charge in [-0.1, -0.05) is 15.8 Å². The molecule has 1 aromatic rings. The lowest BCUT2D eigenvalue weighted by molar-refractivity contribution is 0.518. The first-order valence-electron chi connectivity index (χ1n) is 4.11. The molecule has 1 aromatic carbocycles. The van der Waals surface area contributed by atoms with Gasteiger partial charge in [0.15, 0.2) is 0 Å². The second kappa shape index (κ2) is 3.70. The Bertz CT molecular complexity index is 623. The Morgan fingerprint density at radius 1 is 1.31 bits per heavy atom. The van der Waals surface area contributed by atoms with Crippen molar-refractivity contribution < 1.29 is 16.8 Å². The molecule has 0 bridgehead atoms. The zero-order valence-electron chi connectivity index (χ0n) is 7.90. The number of nitrogens with two attached hydrogens (primary N) is 1. The Kier molecular flexibility index (Phi) is 2.75. The minimum Gasteiger partial charge on any atom is -0.215 e. The molecule has 1 heterocycles. The number of fused-ring (bicyclic) bond motifs is 1. The molecule has 0 aliphatic carbocycles. The van der Waals surface area contributed by atoms with Gasteiger partial charge in [0.25, 0.3) is 20.2 Å². The van der Waals surface area contributed by atoms with Crippen molar-refractivity contribution in [2.75, 3.05) is 5.88 Å². The molecule has 1 aliphatic rings. The molecule has 2 N–H and O–H groups in total. The standard InChI is InChI=1S/C7H8N2O4S3/c8-16(12,13)9-5-14-6-3-1-2-4-7(6)15(9,10)11/h1-4H,5H2,(H2,8,12,13). The largest absolute Gasteiger partial charge is 0.291 e. The Hall–Kier alpha value is -0.610. The van der Waals surface area contributed by atoms with Crippen LogP contribution < -0.4 is 5.14 Å². The van der Waals surface area contributed by atoms with Gasteiger partial charge >= 0.3 is 0 Å². The maximum Gasteiger partial charge on any atom is 0.291 e.